The number of fused-ring (bicyclic) bond motifs is 1. The van der Waals surface area contributed by atoms with E-state index in [1.54, 1.807) is 11.6 Å². The van der Waals surface area contributed by atoms with Gasteiger partial charge in [0.1, 0.15) is 17.5 Å². The first-order valence-corrected chi connectivity index (χ1v) is 13.8. The van der Waals surface area contributed by atoms with E-state index in [1.807, 2.05) is 46.9 Å². The summed E-state index contributed by atoms with van der Waals surface area (Å²) in [6.45, 7) is 12.6. The lowest BCUT2D eigenvalue weighted by Crippen LogP contribution is -2.41. The van der Waals surface area contributed by atoms with E-state index in [1.165, 1.54) is 0 Å². The van der Waals surface area contributed by atoms with Gasteiger partial charge in [0.25, 0.3) is 5.56 Å². The SMILES string of the molecule is CCC(NCCc1ccc2c(c1)nc(-c1cc(C)c(=O)n(C)c1)n2CC1CCOCC1)C(=O)OC(C)(C)C. The van der Waals surface area contributed by atoms with Gasteiger partial charge in [0.05, 0.1) is 11.0 Å². The zero-order chi connectivity index (χ0) is 27.4. The normalized spacial score (nSPS) is 15.6. The van der Waals surface area contributed by atoms with Gasteiger partial charge in [-0.2, -0.15) is 0 Å². The highest BCUT2D eigenvalue weighted by molar-refractivity contribution is 5.81. The van der Waals surface area contributed by atoms with Crippen LogP contribution >= 0.6 is 0 Å². The first kappa shape index (κ1) is 28.0. The molecule has 1 atom stereocenters. The molecule has 38 heavy (non-hydrogen) atoms. The molecule has 0 bridgehead atoms. The Hall–Kier alpha value is -2.97. The van der Waals surface area contributed by atoms with Crippen molar-refractivity contribution in [3.63, 3.8) is 0 Å². The second-order valence-corrected chi connectivity index (χ2v) is 11.5. The molecule has 4 rings (SSSR count). The third-order valence-electron chi connectivity index (χ3n) is 7.12. The van der Waals surface area contributed by atoms with Crippen molar-refractivity contribution in [2.24, 2.45) is 13.0 Å². The van der Waals surface area contributed by atoms with Gasteiger partial charge in [0.15, 0.2) is 0 Å². The van der Waals surface area contributed by atoms with Crippen LogP contribution < -0.4 is 10.9 Å². The number of esters is 1. The predicted octanol–water partition coefficient (Wildman–Crippen LogP) is 4.39. The van der Waals surface area contributed by atoms with E-state index in [2.05, 4.69) is 28.1 Å². The third-order valence-corrected chi connectivity index (χ3v) is 7.12. The number of aromatic nitrogens is 3. The standard InChI is InChI=1S/C30H42N4O4/c1-7-24(29(36)38-30(3,4)5)31-13-10-21-8-9-26-25(17-21)32-27(23-16-20(2)28(35)33(6)19-23)34(26)18-22-11-14-37-15-12-22/h8-9,16-17,19,22,24,31H,7,10-15,18H2,1-6H3. The Morgan fingerprint density at radius 2 is 1.97 bits per heavy atom. The molecule has 8 nitrogen and oxygen atoms in total. The molecule has 0 saturated carbocycles. The fourth-order valence-corrected chi connectivity index (χ4v) is 5.08. The number of hydrogen-bond donors (Lipinski definition) is 1. The van der Waals surface area contributed by atoms with Crippen LogP contribution in [0.3, 0.4) is 0 Å². The van der Waals surface area contributed by atoms with Crippen molar-refractivity contribution in [1.82, 2.24) is 19.4 Å². The molecule has 3 heterocycles. The topological polar surface area (TPSA) is 87.4 Å². The molecule has 3 aromatic rings. The largest absolute Gasteiger partial charge is 0.459 e. The molecular weight excluding hydrogens is 480 g/mol. The van der Waals surface area contributed by atoms with Gasteiger partial charge in [-0.1, -0.05) is 13.0 Å². The third kappa shape index (κ3) is 6.72. The van der Waals surface area contributed by atoms with Gasteiger partial charge in [-0.3, -0.25) is 9.59 Å². The Labute approximate surface area is 225 Å². The molecule has 206 valence electrons. The van der Waals surface area contributed by atoms with Crippen LogP contribution in [-0.4, -0.2) is 51.5 Å². The first-order valence-electron chi connectivity index (χ1n) is 13.8. The molecule has 0 spiro atoms. The van der Waals surface area contributed by atoms with Crippen molar-refractivity contribution >= 4 is 17.0 Å². The molecule has 1 fully saturated rings. The smallest absolute Gasteiger partial charge is 0.323 e. The van der Waals surface area contributed by atoms with Gasteiger partial charge in [-0.05, 0) is 89.6 Å². The summed E-state index contributed by atoms with van der Waals surface area (Å²) in [5, 5.41) is 3.36. The van der Waals surface area contributed by atoms with Crippen LogP contribution in [0.5, 0.6) is 0 Å². The van der Waals surface area contributed by atoms with Crippen LogP contribution in [0.2, 0.25) is 0 Å². The summed E-state index contributed by atoms with van der Waals surface area (Å²) in [5.74, 6) is 1.20. The Morgan fingerprint density at radius 3 is 2.63 bits per heavy atom. The Kier molecular flexibility index (Phi) is 8.73. The molecule has 1 aliphatic rings. The zero-order valence-corrected chi connectivity index (χ0v) is 23.7. The average molecular weight is 523 g/mol. The van der Waals surface area contributed by atoms with E-state index in [0.717, 1.165) is 67.0 Å². The minimum absolute atomic E-state index is 0.00684. The van der Waals surface area contributed by atoms with Crippen LogP contribution in [0.15, 0.2) is 35.3 Å². The molecule has 8 heteroatoms. The van der Waals surface area contributed by atoms with Gasteiger partial charge in [0, 0.05) is 44.1 Å². The number of imidazole rings is 1. The summed E-state index contributed by atoms with van der Waals surface area (Å²) in [7, 11) is 1.79. The number of rotatable bonds is 9. The van der Waals surface area contributed by atoms with Crippen molar-refractivity contribution in [2.75, 3.05) is 19.8 Å². The summed E-state index contributed by atoms with van der Waals surface area (Å²) in [5.41, 5.74) is 4.35. The molecule has 0 aliphatic carbocycles. The Balaban J connectivity index is 1.58. The highest BCUT2D eigenvalue weighted by Crippen LogP contribution is 2.29. The van der Waals surface area contributed by atoms with Crippen molar-refractivity contribution in [3.05, 3.63) is 51.9 Å². The number of aryl methyl sites for hydroxylation is 2. The van der Waals surface area contributed by atoms with E-state index in [4.69, 9.17) is 14.5 Å². The Morgan fingerprint density at radius 1 is 1.24 bits per heavy atom. The van der Waals surface area contributed by atoms with Crippen LogP contribution in [0.4, 0.5) is 0 Å². The number of nitrogens with zero attached hydrogens (tertiary/aromatic N) is 3. The summed E-state index contributed by atoms with van der Waals surface area (Å²) < 4.78 is 15.1. The fraction of sp³-hybridized carbons (Fsp3) is 0.567. The second-order valence-electron chi connectivity index (χ2n) is 11.5. The number of pyridine rings is 1. The lowest BCUT2D eigenvalue weighted by atomic mass is 10.00. The quantitative estimate of drug-likeness (QED) is 0.420. The molecule has 0 amide bonds. The monoisotopic (exact) mass is 522 g/mol. The summed E-state index contributed by atoms with van der Waals surface area (Å²) >= 11 is 0. The van der Waals surface area contributed by atoms with Crippen LogP contribution in [0.1, 0.15) is 58.1 Å². The molecule has 0 radical (unpaired) electrons. The lowest BCUT2D eigenvalue weighted by Gasteiger charge is -2.24. The van der Waals surface area contributed by atoms with Crippen molar-refractivity contribution < 1.29 is 14.3 Å². The van der Waals surface area contributed by atoms with Crippen LogP contribution in [-0.2, 0) is 34.3 Å². The second kappa shape index (κ2) is 11.8. The summed E-state index contributed by atoms with van der Waals surface area (Å²) in [6.07, 6.45) is 5.39. The van der Waals surface area contributed by atoms with E-state index < -0.39 is 5.60 Å². The van der Waals surface area contributed by atoms with E-state index >= 15 is 0 Å². The van der Waals surface area contributed by atoms with Gasteiger partial charge in [-0.15, -0.1) is 0 Å². The molecule has 2 aromatic heterocycles. The molecular formula is C30H42N4O4. The van der Waals surface area contributed by atoms with Gasteiger partial charge >= 0.3 is 5.97 Å². The molecule has 1 aromatic carbocycles. The highest BCUT2D eigenvalue weighted by Gasteiger charge is 2.24. The van der Waals surface area contributed by atoms with Crippen LogP contribution in [0.25, 0.3) is 22.4 Å². The number of benzene rings is 1. The summed E-state index contributed by atoms with van der Waals surface area (Å²) in [4.78, 5) is 29.9. The summed E-state index contributed by atoms with van der Waals surface area (Å²) in [6, 6.07) is 8.06. The molecule has 1 unspecified atom stereocenters. The van der Waals surface area contributed by atoms with Gasteiger partial charge in [0.2, 0.25) is 0 Å². The lowest BCUT2D eigenvalue weighted by molar-refractivity contribution is -0.157. The molecule has 1 aliphatic heterocycles. The zero-order valence-electron chi connectivity index (χ0n) is 23.7. The van der Waals surface area contributed by atoms with Gasteiger partial charge in [-0.25, -0.2) is 4.98 Å². The molecule has 1 N–H and O–H groups in total. The molecule has 1 saturated heterocycles. The number of ether oxygens (including phenoxy) is 2. The van der Waals surface area contributed by atoms with Crippen molar-refractivity contribution in [2.45, 2.75) is 78.5 Å². The highest BCUT2D eigenvalue weighted by atomic mass is 16.6. The Bertz CT molecular complexity index is 1300. The number of carbonyl (C=O) groups excluding carboxylic acids is 1. The number of hydrogen-bond acceptors (Lipinski definition) is 6. The van der Waals surface area contributed by atoms with Gasteiger partial charge < -0.3 is 23.9 Å². The predicted molar refractivity (Wildman–Crippen MR) is 150 cm³/mol. The fourth-order valence-electron chi connectivity index (χ4n) is 5.08. The average Bonchev–Trinajstić information content (AvgIpc) is 3.22. The number of nitrogens with one attached hydrogen (secondary N) is 1. The minimum Gasteiger partial charge on any atom is -0.459 e. The maximum Gasteiger partial charge on any atom is 0.323 e. The van der Waals surface area contributed by atoms with Crippen molar-refractivity contribution in [1.29, 1.82) is 0 Å². The minimum atomic E-state index is -0.498. The van der Waals surface area contributed by atoms with E-state index in [9.17, 15) is 9.59 Å². The number of carbonyl (C=O) groups is 1. The first-order chi connectivity index (χ1) is 18.1. The maximum absolute atomic E-state index is 12.5. The van der Waals surface area contributed by atoms with E-state index in [-0.39, 0.29) is 17.6 Å². The maximum atomic E-state index is 12.5. The van der Waals surface area contributed by atoms with Crippen LogP contribution in [0, 0.1) is 12.8 Å². The van der Waals surface area contributed by atoms with Crippen molar-refractivity contribution in [3.8, 4) is 11.4 Å². The van der Waals surface area contributed by atoms with E-state index in [0.29, 0.717) is 24.4 Å².